The van der Waals surface area contributed by atoms with Crippen molar-refractivity contribution in [2.75, 3.05) is 26.2 Å². The molecule has 2 heterocycles. The highest BCUT2D eigenvalue weighted by Crippen LogP contribution is 2.43. The lowest BCUT2D eigenvalue weighted by molar-refractivity contribution is -0.159. The van der Waals surface area contributed by atoms with Crippen LogP contribution in [0.2, 0.25) is 10.0 Å². The molecule has 1 amide bonds. The molecule has 3 aliphatic rings. The van der Waals surface area contributed by atoms with Gasteiger partial charge >= 0.3 is 5.97 Å². The molecule has 2 aromatic carbocycles. The van der Waals surface area contributed by atoms with Gasteiger partial charge in [-0.25, -0.2) is 9.18 Å². The van der Waals surface area contributed by atoms with E-state index in [9.17, 15) is 9.59 Å². The molecule has 5 rings (SSSR count). The van der Waals surface area contributed by atoms with Gasteiger partial charge < -0.3 is 14.4 Å². The fourth-order valence-corrected chi connectivity index (χ4v) is 6.34. The summed E-state index contributed by atoms with van der Waals surface area (Å²) in [4.78, 5) is 30.1. The van der Waals surface area contributed by atoms with Gasteiger partial charge in [0.15, 0.2) is 0 Å². The van der Waals surface area contributed by atoms with E-state index >= 15 is 4.39 Å². The zero-order chi connectivity index (χ0) is 28.6. The van der Waals surface area contributed by atoms with E-state index in [-0.39, 0.29) is 11.7 Å². The minimum Gasteiger partial charge on any atom is -0.458 e. The van der Waals surface area contributed by atoms with Crippen LogP contribution in [0.5, 0.6) is 0 Å². The zero-order valence-electron chi connectivity index (χ0n) is 23.4. The number of hydrogen-bond donors (Lipinski definition) is 0. The molecule has 3 fully saturated rings. The van der Waals surface area contributed by atoms with Crippen LogP contribution in [0.15, 0.2) is 30.3 Å². The average Bonchev–Trinajstić information content (AvgIpc) is 3.57. The topological polar surface area (TPSA) is 59.1 Å². The van der Waals surface area contributed by atoms with Crippen molar-refractivity contribution in [2.45, 2.75) is 83.1 Å². The fraction of sp³-hybridized carbons (Fsp3) is 0.548. The SMILES string of the molecule is CC(C)(C)OC(=O)C1CCCN1C(=O)c1cc(C2CC2)c(CN2CCO[C@H](Cc3cc(Cl)cc(Cl)c3)C2)cc1F. The Morgan fingerprint density at radius 2 is 1.77 bits per heavy atom. The van der Waals surface area contributed by atoms with Crippen LogP contribution in [0.4, 0.5) is 4.39 Å². The van der Waals surface area contributed by atoms with Crippen molar-refractivity contribution >= 4 is 35.1 Å². The molecular formula is C31H37Cl2FN2O4. The molecule has 0 aromatic heterocycles. The van der Waals surface area contributed by atoms with Crippen LogP contribution >= 0.6 is 23.2 Å². The predicted octanol–water partition coefficient (Wildman–Crippen LogP) is 6.40. The number of carbonyl (C=O) groups is 2. The van der Waals surface area contributed by atoms with Crippen molar-refractivity contribution in [2.24, 2.45) is 0 Å². The number of nitrogens with zero attached hydrogens (tertiary/aromatic N) is 2. The van der Waals surface area contributed by atoms with Gasteiger partial charge in [0, 0.05) is 36.2 Å². The first-order valence-electron chi connectivity index (χ1n) is 14.1. The summed E-state index contributed by atoms with van der Waals surface area (Å²) in [5.74, 6) is -1.09. The molecule has 0 spiro atoms. The van der Waals surface area contributed by atoms with Gasteiger partial charge in [-0.2, -0.15) is 0 Å². The van der Waals surface area contributed by atoms with Crippen molar-refractivity contribution in [3.8, 4) is 0 Å². The first-order chi connectivity index (χ1) is 19.0. The standard InChI is InChI=1S/C31H37Cl2FN2O4/c1-31(2,3)40-30(38)28-5-4-8-36(28)29(37)26-16-25(20-6-7-20)21(14-27(26)34)17-35-9-10-39-24(18-35)13-19-11-22(32)15-23(33)12-19/h11-12,14-16,20,24,28H,4-10,13,17-18H2,1-3H3/t24-,28?/m1/s1. The van der Waals surface area contributed by atoms with Gasteiger partial charge in [0.1, 0.15) is 17.5 Å². The number of morpholine rings is 1. The van der Waals surface area contributed by atoms with Crippen molar-refractivity contribution in [3.63, 3.8) is 0 Å². The van der Waals surface area contributed by atoms with Gasteiger partial charge in [0.25, 0.3) is 5.91 Å². The van der Waals surface area contributed by atoms with E-state index in [1.54, 1.807) is 32.9 Å². The number of carbonyl (C=O) groups excluding carboxylic acids is 2. The number of hydrogen-bond acceptors (Lipinski definition) is 5. The van der Waals surface area contributed by atoms with Crippen LogP contribution < -0.4 is 0 Å². The molecule has 0 radical (unpaired) electrons. The van der Waals surface area contributed by atoms with Gasteiger partial charge in [-0.3, -0.25) is 9.69 Å². The number of esters is 1. The summed E-state index contributed by atoms with van der Waals surface area (Å²) >= 11 is 12.4. The maximum absolute atomic E-state index is 15.6. The minimum atomic E-state index is -0.685. The highest BCUT2D eigenvalue weighted by molar-refractivity contribution is 6.34. The van der Waals surface area contributed by atoms with E-state index in [0.717, 1.165) is 36.1 Å². The third-order valence-corrected chi connectivity index (χ3v) is 8.11. The quantitative estimate of drug-likeness (QED) is 0.349. The second-order valence-corrected chi connectivity index (χ2v) is 13.1. The number of benzene rings is 2. The Hall–Kier alpha value is -2.19. The summed E-state index contributed by atoms with van der Waals surface area (Å²) in [5.41, 5.74) is 2.35. The van der Waals surface area contributed by atoms with Crippen LogP contribution in [-0.2, 0) is 27.2 Å². The first kappa shape index (κ1) is 29.3. The van der Waals surface area contributed by atoms with Gasteiger partial charge in [0.05, 0.1) is 18.3 Å². The Bertz CT molecular complexity index is 1260. The van der Waals surface area contributed by atoms with Gasteiger partial charge in [0.2, 0.25) is 0 Å². The highest BCUT2D eigenvalue weighted by Gasteiger charge is 2.39. The summed E-state index contributed by atoms with van der Waals surface area (Å²) < 4.78 is 27.1. The first-order valence-corrected chi connectivity index (χ1v) is 14.9. The summed E-state index contributed by atoms with van der Waals surface area (Å²) in [5, 5.41) is 1.20. The lowest BCUT2D eigenvalue weighted by Crippen LogP contribution is -2.44. The van der Waals surface area contributed by atoms with E-state index < -0.39 is 29.3 Å². The summed E-state index contributed by atoms with van der Waals surface area (Å²) in [6.45, 7) is 8.42. The minimum absolute atomic E-state index is 0.0293. The third-order valence-electron chi connectivity index (χ3n) is 7.67. The second kappa shape index (κ2) is 12.0. The van der Waals surface area contributed by atoms with E-state index in [4.69, 9.17) is 32.7 Å². The molecule has 2 aliphatic heterocycles. The second-order valence-electron chi connectivity index (χ2n) is 12.2. The van der Waals surface area contributed by atoms with Crippen LogP contribution in [-0.4, -0.2) is 65.7 Å². The number of likely N-dealkylation sites (tertiary alicyclic amines) is 1. The molecule has 1 saturated carbocycles. The van der Waals surface area contributed by atoms with Crippen molar-refractivity contribution in [1.82, 2.24) is 9.80 Å². The largest absolute Gasteiger partial charge is 0.458 e. The predicted molar refractivity (Wildman–Crippen MR) is 153 cm³/mol. The number of amides is 1. The zero-order valence-corrected chi connectivity index (χ0v) is 24.9. The summed E-state index contributed by atoms with van der Waals surface area (Å²) in [7, 11) is 0. The fourth-order valence-electron chi connectivity index (χ4n) is 5.77. The highest BCUT2D eigenvalue weighted by atomic mass is 35.5. The number of ether oxygens (including phenoxy) is 2. The Morgan fingerprint density at radius 1 is 1.05 bits per heavy atom. The van der Waals surface area contributed by atoms with Crippen LogP contribution in [0.25, 0.3) is 0 Å². The molecule has 216 valence electrons. The molecule has 1 unspecified atom stereocenters. The normalized spacial score (nSPS) is 22.0. The molecule has 0 bridgehead atoms. The maximum atomic E-state index is 15.6. The Balaban J connectivity index is 1.31. The van der Waals surface area contributed by atoms with Crippen molar-refractivity contribution < 1.29 is 23.5 Å². The monoisotopic (exact) mass is 590 g/mol. The molecule has 6 nitrogen and oxygen atoms in total. The Kier molecular flexibility index (Phi) is 8.77. The molecule has 9 heteroatoms. The lowest BCUT2D eigenvalue weighted by atomic mass is 9.97. The lowest BCUT2D eigenvalue weighted by Gasteiger charge is -2.33. The van der Waals surface area contributed by atoms with Crippen LogP contribution in [0, 0.1) is 5.82 Å². The summed E-state index contributed by atoms with van der Waals surface area (Å²) in [6.07, 6.45) is 3.91. The molecule has 0 N–H and O–H groups in total. The molecule has 2 atom stereocenters. The Morgan fingerprint density at radius 3 is 2.45 bits per heavy atom. The Labute approximate surface area is 245 Å². The van der Waals surface area contributed by atoms with E-state index in [0.29, 0.717) is 61.5 Å². The maximum Gasteiger partial charge on any atom is 0.329 e. The number of rotatable bonds is 7. The smallest absolute Gasteiger partial charge is 0.329 e. The third kappa shape index (κ3) is 7.17. The number of halogens is 3. The molecule has 2 saturated heterocycles. The molecule has 40 heavy (non-hydrogen) atoms. The van der Waals surface area contributed by atoms with E-state index in [1.165, 1.54) is 11.0 Å². The summed E-state index contributed by atoms with van der Waals surface area (Å²) in [6, 6.07) is 8.10. The van der Waals surface area contributed by atoms with E-state index in [1.807, 2.05) is 12.1 Å². The van der Waals surface area contributed by atoms with Gasteiger partial charge in [-0.15, -0.1) is 0 Å². The van der Waals surface area contributed by atoms with E-state index in [2.05, 4.69) is 4.90 Å². The van der Waals surface area contributed by atoms with Crippen LogP contribution in [0.1, 0.15) is 79.4 Å². The van der Waals surface area contributed by atoms with Gasteiger partial charge in [-0.05, 0) is 106 Å². The van der Waals surface area contributed by atoms with Crippen LogP contribution in [0.3, 0.4) is 0 Å². The van der Waals surface area contributed by atoms with Crippen molar-refractivity contribution in [1.29, 1.82) is 0 Å². The molecule has 1 aliphatic carbocycles. The molecular weight excluding hydrogens is 554 g/mol. The van der Waals surface area contributed by atoms with Gasteiger partial charge in [-0.1, -0.05) is 23.2 Å². The average molecular weight is 592 g/mol. The van der Waals surface area contributed by atoms with Crippen molar-refractivity contribution in [3.05, 3.63) is 68.4 Å². The molecule has 2 aromatic rings.